The zero-order chi connectivity index (χ0) is 16.9. The van der Waals surface area contributed by atoms with E-state index in [2.05, 4.69) is 10.2 Å². The van der Waals surface area contributed by atoms with Gasteiger partial charge in [0.1, 0.15) is 0 Å². The fourth-order valence-electron chi connectivity index (χ4n) is 4.18. The van der Waals surface area contributed by atoms with E-state index in [4.69, 9.17) is 4.74 Å². The number of methoxy groups -OCH3 is 1. The SMILES string of the molecule is COC(=O)c1ccccc1NC(=O)CN1CCC[C@H]2CCCC[C@@H]21. The van der Waals surface area contributed by atoms with Crippen molar-refractivity contribution in [2.24, 2.45) is 5.92 Å². The number of esters is 1. The second kappa shape index (κ2) is 7.79. The van der Waals surface area contributed by atoms with Crippen molar-refractivity contribution < 1.29 is 14.3 Å². The molecule has 5 nitrogen and oxygen atoms in total. The number of ether oxygens (including phenoxy) is 1. The van der Waals surface area contributed by atoms with Crippen LogP contribution in [0.2, 0.25) is 0 Å². The number of hydrogen-bond donors (Lipinski definition) is 1. The van der Waals surface area contributed by atoms with Crippen LogP contribution in [0.5, 0.6) is 0 Å². The molecule has 3 rings (SSSR count). The molecule has 0 bridgehead atoms. The van der Waals surface area contributed by atoms with Gasteiger partial charge >= 0.3 is 5.97 Å². The fraction of sp³-hybridized carbons (Fsp3) is 0.579. The standard InChI is InChI=1S/C19H26N2O3/c1-24-19(23)15-9-3-4-10-16(15)20-18(22)13-21-12-6-8-14-7-2-5-11-17(14)21/h3-4,9-10,14,17H,2,5-8,11-13H2,1H3,(H,20,22)/t14-,17+/m1/s1. The maximum absolute atomic E-state index is 12.5. The first kappa shape index (κ1) is 17.0. The average Bonchev–Trinajstić information content (AvgIpc) is 2.62. The van der Waals surface area contributed by atoms with Gasteiger partial charge in [0.05, 0.1) is 24.9 Å². The highest BCUT2D eigenvalue weighted by atomic mass is 16.5. The van der Waals surface area contributed by atoms with Crippen LogP contribution >= 0.6 is 0 Å². The Morgan fingerprint density at radius 1 is 1.17 bits per heavy atom. The Hall–Kier alpha value is -1.88. The minimum Gasteiger partial charge on any atom is -0.465 e. The molecule has 130 valence electrons. The molecule has 1 saturated carbocycles. The number of rotatable bonds is 4. The van der Waals surface area contributed by atoms with Crippen LogP contribution in [0, 0.1) is 5.92 Å². The molecule has 2 aliphatic rings. The van der Waals surface area contributed by atoms with Gasteiger partial charge < -0.3 is 10.1 Å². The van der Waals surface area contributed by atoms with Crippen LogP contribution < -0.4 is 5.32 Å². The van der Waals surface area contributed by atoms with Crippen molar-refractivity contribution in [2.45, 2.75) is 44.6 Å². The smallest absolute Gasteiger partial charge is 0.339 e. The van der Waals surface area contributed by atoms with Crippen molar-refractivity contribution in [2.75, 3.05) is 25.5 Å². The summed E-state index contributed by atoms with van der Waals surface area (Å²) in [6.45, 7) is 1.39. The van der Waals surface area contributed by atoms with Gasteiger partial charge in [-0.05, 0) is 50.3 Å². The normalized spacial score (nSPS) is 24.0. The summed E-state index contributed by atoms with van der Waals surface area (Å²) < 4.78 is 4.78. The molecule has 1 aliphatic carbocycles. The number of carbonyl (C=O) groups is 2. The summed E-state index contributed by atoms with van der Waals surface area (Å²) in [7, 11) is 1.35. The number of fused-ring (bicyclic) bond motifs is 1. The van der Waals surface area contributed by atoms with E-state index in [9.17, 15) is 9.59 Å². The molecule has 0 radical (unpaired) electrons. The summed E-state index contributed by atoms with van der Waals surface area (Å²) >= 11 is 0. The van der Waals surface area contributed by atoms with Gasteiger partial charge in [0.25, 0.3) is 0 Å². The molecule has 0 aromatic heterocycles. The Balaban J connectivity index is 1.64. The molecular weight excluding hydrogens is 304 g/mol. The third kappa shape index (κ3) is 3.78. The van der Waals surface area contributed by atoms with E-state index in [-0.39, 0.29) is 5.91 Å². The largest absolute Gasteiger partial charge is 0.465 e. The van der Waals surface area contributed by atoms with Crippen molar-refractivity contribution in [1.29, 1.82) is 0 Å². The molecule has 1 heterocycles. The first-order valence-corrected chi connectivity index (χ1v) is 8.90. The Bertz CT molecular complexity index is 600. The minimum atomic E-state index is -0.434. The van der Waals surface area contributed by atoms with Crippen LogP contribution in [-0.2, 0) is 9.53 Å². The number of benzene rings is 1. The van der Waals surface area contributed by atoms with Crippen molar-refractivity contribution in [3.63, 3.8) is 0 Å². The quantitative estimate of drug-likeness (QED) is 0.862. The summed E-state index contributed by atoms with van der Waals surface area (Å²) in [5.41, 5.74) is 0.911. The molecule has 24 heavy (non-hydrogen) atoms. The maximum Gasteiger partial charge on any atom is 0.339 e. The van der Waals surface area contributed by atoms with Crippen LogP contribution in [-0.4, -0.2) is 43.0 Å². The number of anilines is 1. The van der Waals surface area contributed by atoms with E-state index in [1.807, 2.05) is 0 Å². The number of piperidine rings is 1. The third-order valence-electron chi connectivity index (χ3n) is 5.31. The molecule has 1 N–H and O–H groups in total. The maximum atomic E-state index is 12.5. The van der Waals surface area contributed by atoms with Crippen LogP contribution in [0.25, 0.3) is 0 Å². The van der Waals surface area contributed by atoms with Gasteiger partial charge in [-0.3, -0.25) is 9.69 Å². The second-order valence-corrected chi connectivity index (χ2v) is 6.81. The van der Waals surface area contributed by atoms with Gasteiger partial charge in [0.15, 0.2) is 0 Å². The van der Waals surface area contributed by atoms with Gasteiger partial charge in [0.2, 0.25) is 5.91 Å². The zero-order valence-corrected chi connectivity index (χ0v) is 14.3. The highest BCUT2D eigenvalue weighted by Gasteiger charge is 2.33. The van der Waals surface area contributed by atoms with Gasteiger partial charge in [0, 0.05) is 6.04 Å². The third-order valence-corrected chi connectivity index (χ3v) is 5.31. The summed E-state index contributed by atoms with van der Waals surface area (Å²) in [5, 5.41) is 2.89. The Kier molecular flexibility index (Phi) is 5.51. The lowest BCUT2D eigenvalue weighted by Gasteiger charge is -2.43. The van der Waals surface area contributed by atoms with E-state index in [1.54, 1.807) is 24.3 Å². The van der Waals surface area contributed by atoms with E-state index in [0.29, 0.717) is 23.8 Å². The molecule has 1 amide bonds. The van der Waals surface area contributed by atoms with Gasteiger partial charge in [-0.1, -0.05) is 25.0 Å². The lowest BCUT2D eigenvalue weighted by molar-refractivity contribution is -0.118. The molecule has 2 atom stereocenters. The fourth-order valence-corrected chi connectivity index (χ4v) is 4.18. The van der Waals surface area contributed by atoms with E-state index < -0.39 is 5.97 Å². The molecule has 5 heteroatoms. The topological polar surface area (TPSA) is 58.6 Å². The lowest BCUT2D eigenvalue weighted by Crippen LogP contribution is -2.49. The van der Waals surface area contributed by atoms with Gasteiger partial charge in [-0.25, -0.2) is 4.79 Å². The van der Waals surface area contributed by atoms with Crippen molar-refractivity contribution in [1.82, 2.24) is 4.90 Å². The zero-order valence-electron chi connectivity index (χ0n) is 14.3. The van der Waals surface area contributed by atoms with E-state index in [1.165, 1.54) is 45.6 Å². The van der Waals surface area contributed by atoms with Crippen LogP contribution in [0.1, 0.15) is 48.9 Å². The molecule has 2 fully saturated rings. The monoisotopic (exact) mass is 330 g/mol. The first-order chi connectivity index (χ1) is 11.7. The van der Waals surface area contributed by atoms with Gasteiger partial charge in [-0.2, -0.15) is 0 Å². The van der Waals surface area contributed by atoms with E-state index >= 15 is 0 Å². The predicted octanol–water partition coefficient (Wildman–Crippen LogP) is 3.07. The number of hydrogen-bond acceptors (Lipinski definition) is 4. The number of carbonyl (C=O) groups excluding carboxylic acids is 2. The second-order valence-electron chi connectivity index (χ2n) is 6.81. The first-order valence-electron chi connectivity index (χ1n) is 8.90. The predicted molar refractivity (Wildman–Crippen MR) is 93.0 cm³/mol. The van der Waals surface area contributed by atoms with E-state index in [0.717, 1.165) is 12.5 Å². The van der Waals surface area contributed by atoms with Crippen molar-refractivity contribution in [3.8, 4) is 0 Å². The average molecular weight is 330 g/mol. The Morgan fingerprint density at radius 3 is 2.75 bits per heavy atom. The summed E-state index contributed by atoms with van der Waals surface area (Å²) in [5.74, 6) is 0.261. The summed E-state index contributed by atoms with van der Waals surface area (Å²) in [6, 6.07) is 7.52. The molecule has 1 saturated heterocycles. The van der Waals surface area contributed by atoms with Crippen molar-refractivity contribution >= 4 is 17.6 Å². The van der Waals surface area contributed by atoms with Crippen LogP contribution in [0.3, 0.4) is 0 Å². The van der Waals surface area contributed by atoms with Crippen LogP contribution in [0.4, 0.5) is 5.69 Å². The van der Waals surface area contributed by atoms with Crippen molar-refractivity contribution in [3.05, 3.63) is 29.8 Å². The molecule has 1 aromatic carbocycles. The number of nitrogens with zero attached hydrogens (tertiary/aromatic N) is 1. The molecular formula is C19H26N2O3. The Morgan fingerprint density at radius 2 is 1.92 bits per heavy atom. The molecule has 1 aliphatic heterocycles. The lowest BCUT2D eigenvalue weighted by atomic mass is 9.78. The number of nitrogens with one attached hydrogen (secondary N) is 1. The number of para-hydroxylation sites is 1. The molecule has 0 spiro atoms. The highest BCUT2D eigenvalue weighted by Crippen LogP contribution is 2.35. The number of amides is 1. The Labute approximate surface area is 143 Å². The number of likely N-dealkylation sites (tertiary alicyclic amines) is 1. The minimum absolute atomic E-state index is 0.0578. The molecule has 1 aromatic rings. The highest BCUT2D eigenvalue weighted by molar-refractivity contribution is 6.01. The van der Waals surface area contributed by atoms with Gasteiger partial charge in [-0.15, -0.1) is 0 Å². The summed E-state index contributed by atoms with van der Waals surface area (Å²) in [4.78, 5) is 26.7. The molecule has 0 unspecified atom stereocenters. The summed E-state index contributed by atoms with van der Waals surface area (Å²) in [6.07, 6.45) is 7.57. The van der Waals surface area contributed by atoms with Crippen LogP contribution in [0.15, 0.2) is 24.3 Å².